The van der Waals surface area contributed by atoms with Crippen LogP contribution in [0.3, 0.4) is 0 Å². The maximum atomic E-state index is 13.1. The second-order valence-electron chi connectivity index (χ2n) is 4.86. The van der Waals surface area contributed by atoms with Crippen LogP contribution in [0.4, 0.5) is 4.39 Å². The molecule has 3 aromatic rings. The molecule has 0 fully saturated rings. The molecule has 0 atom stereocenters. The molecule has 0 saturated heterocycles. The lowest BCUT2D eigenvalue weighted by atomic mass is 10.3. The summed E-state index contributed by atoms with van der Waals surface area (Å²) < 4.78 is 16.7. The fraction of sp³-hybridized carbons (Fsp3) is 0.267. The van der Waals surface area contributed by atoms with Crippen molar-refractivity contribution in [2.24, 2.45) is 0 Å². The van der Waals surface area contributed by atoms with Crippen molar-refractivity contribution in [1.82, 2.24) is 24.5 Å². The summed E-state index contributed by atoms with van der Waals surface area (Å²) in [5, 5.41) is 8.92. The molecule has 0 aliphatic carbocycles. The van der Waals surface area contributed by atoms with E-state index in [1.807, 2.05) is 31.5 Å². The smallest absolute Gasteiger partial charge is 0.183 e. The summed E-state index contributed by atoms with van der Waals surface area (Å²) in [4.78, 5) is 4.45. The molecule has 1 aromatic carbocycles. The van der Waals surface area contributed by atoms with E-state index in [1.54, 1.807) is 16.8 Å². The molecule has 6 heteroatoms. The fourth-order valence-electron chi connectivity index (χ4n) is 2.28. The number of benzene rings is 1. The van der Waals surface area contributed by atoms with Gasteiger partial charge in [0.05, 0.1) is 5.69 Å². The monoisotopic (exact) mass is 285 g/mol. The lowest BCUT2D eigenvalue weighted by Gasteiger charge is -2.03. The zero-order valence-corrected chi connectivity index (χ0v) is 12.2. The van der Waals surface area contributed by atoms with Gasteiger partial charge in [-0.25, -0.2) is 14.1 Å². The third-order valence-corrected chi connectivity index (χ3v) is 3.29. The Morgan fingerprint density at radius 3 is 2.43 bits per heavy atom. The summed E-state index contributed by atoms with van der Waals surface area (Å²) in [6, 6.07) is 8.15. The third-order valence-electron chi connectivity index (χ3n) is 3.29. The molecule has 0 aliphatic rings. The standard InChI is InChI=1S/C15H16FN5/c1-4-20-10(2)9-14(19-20)15-17-11(3)18-21(15)13-7-5-12(16)6-8-13/h5-9H,4H2,1-3H3. The van der Waals surface area contributed by atoms with Gasteiger partial charge < -0.3 is 0 Å². The molecular formula is C15H16FN5. The van der Waals surface area contributed by atoms with E-state index in [2.05, 4.69) is 15.2 Å². The minimum atomic E-state index is -0.275. The van der Waals surface area contributed by atoms with Crippen molar-refractivity contribution in [2.45, 2.75) is 27.3 Å². The Balaban J connectivity index is 2.12. The highest BCUT2D eigenvalue weighted by atomic mass is 19.1. The maximum Gasteiger partial charge on any atom is 0.183 e. The highest BCUT2D eigenvalue weighted by Gasteiger charge is 2.15. The number of rotatable bonds is 3. The lowest BCUT2D eigenvalue weighted by Crippen LogP contribution is -2.02. The van der Waals surface area contributed by atoms with Gasteiger partial charge in [0.1, 0.15) is 17.3 Å². The molecule has 0 saturated carbocycles. The van der Waals surface area contributed by atoms with Gasteiger partial charge in [0.15, 0.2) is 5.82 Å². The van der Waals surface area contributed by atoms with E-state index in [0.29, 0.717) is 11.6 Å². The highest BCUT2D eigenvalue weighted by molar-refractivity contribution is 5.53. The molecule has 0 bridgehead atoms. The SMILES string of the molecule is CCn1nc(-c2nc(C)nn2-c2ccc(F)cc2)cc1C. The van der Waals surface area contributed by atoms with Gasteiger partial charge in [-0.15, -0.1) is 0 Å². The van der Waals surface area contributed by atoms with Crippen LogP contribution in [0.2, 0.25) is 0 Å². The van der Waals surface area contributed by atoms with Crippen molar-refractivity contribution in [3.63, 3.8) is 0 Å². The van der Waals surface area contributed by atoms with Crippen LogP contribution >= 0.6 is 0 Å². The summed E-state index contributed by atoms with van der Waals surface area (Å²) in [5.74, 6) is 1.04. The lowest BCUT2D eigenvalue weighted by molar-refractivity contribution is 0.627. The van der Waals surface area contributed by atoms with Crippen molar-refractivity contribution < 1.29 is 4.39 Å². The largest absolute Gasteiger partial charge is 0.269 e. The first-order valence-electron chi connectivity index (χ1n) is 6.83. The third kappa shape index (κ3) is 2.44. The molecular weight excluding hydrogens is 269 g/mol. The zero-order chi connectivity index (χ0) is 15.0. The topological polar surface area (TPSA) is 48.5 Å². The number of aryl methyl sites for hydroxylation is 3. The minimum absolute atomic E-state index is 0.275. The Labute approximate surface area is 122 Å². The second-order valence-corrected chi connectivity index (χ2v) is 4.86. The van der Waals surface area contributed by atoms with Crippen molar-refractivity contribution in [2.75, 3.05) is 0 Å². The molecule has 3 rings (SSSR count). The molecule has 0 radical (unpaired) electrons. The number of hydrogen-bond donors (Lipinski definition) is 0. The van der Waals surface area contributed by atoms with Gasteiger partial charge >= 0.3 is 0 Å². The van der Waals surface area contributed by atoms with Crippen LogP contribution in [0.25, 0.3) is 17.2 Å². The molecule has 0 N–H and O–H groups in total. The molecule has 0 unspecified atom stereocenters. The number of nitrogens with zero attached hydrogens (tertiary/aromatic N) is 5. The van der Waals surface area contributed by atoms with Gasteiger partial charge in [-0.1, -0.05) is 0 Å². The van der Waals surface area contributed by atoms with E-state index in [0.717, 1.165) is 23.6 Å². The van der Waals surface area contributed by atoms with Gasteiger partial charge in [0, 0.05) is 12.2 Å². The van der Waals surface area contributed by atoms with Crippen LogP contribution in [-0.4, -0.2) is 24.5 Å². The molecule has 2 heterocycles. The molecule has 108 valence electrons. The van der Waals surface area contributed by atoms with Gasteiger partial charge in [-0.2, -0.15) is 10.2 Å². The van der Waals surface area contributed by atoms with E-state index >= 15 is 0 Å². The number of aromatic nitrogens is 5. The fourth-order valence-corrected chi connectivity index (χ4v) is 2.28. The first kappa shape index (κ1) is 13.5. The second kappa shape index (κ2) is 5.12. The summed E-state index contributed by atoms with van der Waals surface area (Å²) in [5.41, 5.74) is 2.59. The van der Waals surface area contributed by atoms with Gasteiger partial charge in [-0.05, 0) is 51.1 Å². The number of hydrogen-bond acceptors (Lipinski definition) is 3. The Morgan fingerprint density at radius 2 is 1.81 bits per heavy atom. The average molecular weight is 285 g/mol. The van der Waals surface area contributed by atoms with Gasteiger partial charge in [-0.3, -0.25) is 4.68 Å². The van der Waals surface area contributed by atoms with E-state index in [9.17, 15) is 4.39 Å². The van der Waals surface area contributed by atoms with E-state index < -0.39 is 0 Å². The van der Waals surface area contributed by atoms with Crippen molar-refractivity contribution in [3.05, 3.63) is 47.7 Å². The molecule has 21 heavy (non-hydrogen) atoms. The Bertz CT molecular complexity index is 770. The molecule has 0 aliphatic heterocycles. The Hall–Kier alpha value is -2.50. The Morgan fingerprint density at radius 1 is 1.10 bits per heavy atom. The van der Waals surface area contributed by atoms with E-state index in [1.165, 1.54) is 12.1 Å². The van der Waals surface area contributed by atoms with Crippen molar-refractivity contribution in [3.8, 4) is 17.2 Å². The highest BCUT2D eigenvalue weighted by Crippen LogP contribution is 2.21. The summed E-state index contributed by atoms with van der Waals surface area (Å²) in [7, 11) is 0. The van der Waals surface area contributed by atoms with Crippen LogP contribution in [0.15, 0.2) is 30.3 Å². The molecule has 2 aromatic heterocycles. The van der Waals surface area contributed by atoms with E-state index in [-0.39, 0.29) is 5.82 Å². The van der Waals surface area contributed by atoms with Crippen LogP contribution in [0.5, 0.6) is 0 Å². The summed E-state index contributed by atoms with van der Waals surface area (Å²) in [6.45, 7) is 6.67. The van der Waals surface area contributed by atoms with Crippen LogP contribution < -0.4 is 0 Å². The first-order chi connectivity index (χ1) is 10.1. The maximum absolute atomic E-state index is 13.1. The van der Waals surface area contributed by atoms with Crippen LogP contribution in [0.1, 0.15) is 18.4 Å². The van der Waals surface area contributed by atoms with Crippen LogP contribution in [0, 0.1) is 19.7 Å². The number of halogens is 1. The Kier molecular flexibility index (Phi) is 3.29. The van der Waals surface area contributed by atoms with Crippen molar-refractivity contribution >= 4 is 0 Å². The first-order valence-corrected chi connectivity index (χ1v) is 6.83. The molecule has 5 nitrogen and oxygen atoms in total. The normalized spacial score (nSPS) is 11.0. The molecule has 0 amide bonds. The van der Waals surface area contributed by atoms with Gasteiger partial charge in [0.2, 0.25) is 0 Å². The summed E-state index contributed by atoms with van der Waals surface area (Å²) in [6.07, 6.45) is 0. The predicted molar refractivity (Wildman–Crippen MR) is 77.7 cm³/mol. The van der Waals surface area contributed by atoms with Crippen molar-refractivity contribution in [1.29, 1.82) is 0 Å². The quantitative estimate of drug-likeness (QED) is 0.743. The minimum Gasteiger partial charge on any atom is -0.269 e. The van der Waals surface area contributed by atoms with Gasteiger partial charge in [0.25, 0.3) is 0 Å². The predicted octanol–water partition coefficient (Wildman–Crippen LogP) is 2.91. The average Bonchev–Trinajstić information content (AvgIpc) is 3.02. The van der Waals surface area contributed by atoms with E-state index in [4.69, 9.17) is 0 Å². The van der Waals surface area contributed by atoms with Crippen LogP contribution in [-0.2, 0) is 6.54 Å². The molecule has 0 spiro atoms. The summed E-state index contributed by atoms with van der Waals surface area (Å²) >= 11 is 0. The zero-order valence-electron chi connectivity index (χ0n) is 12.2.